The first-order chi connectivity index (χ1) is 2.00. The number of hydrogen-bond donors (Lipinski definition) is 0. The van der Waals surface area contributed by atoms with E-state index in [1.54, 1.807) is 0 Å². The van der Waals surface area contributed by atoms with Crippen molar-refractivity contribution in [1.82, 2.24) is 0 Å². The summed E-state index contributed by atoms with van der Waals surface area (Å²) in [6.45, 7) is 0. The second kappa shape index (κ2) is 347. The summed E-state index contributed by atoms with van der Waals surface area (Å²) in [5, 5.41) is 0. The van der Waals surface area contributed by atoms with Crippen molar-refractivity contribution >= 4 is 0 Å². The minimum absolute atomic E-state index is 0. The molecule has 0 radical (unpaired) electrons. The molecule has 1 heteroatoms. The van der Waals surface area contributed by atoms with Crippen LogP contribution in [0.15, 0.2) is 0 Å². The zero-order valence-electron chi connectivity index (χ0n) is 2.66. The van der Waals surface area contributed by atoms with E-state index in [0.717, 1.165) is 0 Å². The monoisotopic (exact) mass is 92.0 g/mol. The van der Waals surface area contributed by atoms with Gasteiger partial charge in [0, 0.05) is 37.7 Å². The third kappa shape index (κ3) is 172. The van der Waals surface area contributed by atoms with Crippen LogP contribution in [0.1, 0.15) is 0 Å². The summed E-state index contributed by atoms with van der Waals surface area (Å²) in [6, 6.07) is 0. The van der Waals surface area contributed by atoms with Crippen LogP contribution in [0.4, 0.5) is 0 Å². The average molecular weight is 92.0 g/mol. The third-order valence-electron chi connectivity index (χ3n) is 0. The fourth-order valence-electron chi connectivity index (χ4n) is 0. The van der Waals surface area contributed by atoms with Crippen molar-refractivity contribution < 1.29 is 37.7 Å². The summed E-state index contributed by atoms with van der Waals surface area (Å²) in [6.07, 6.45) is 16.0. The minimum atomic E-state index is 0. The Morgan fingerprint density at radius 2 is 0.600 bits per heavy atom. The van der Waals surface area contributed by atoms with Gasteiger partial charge >= 0.3 is 0 Å². The van der Waals surface area contributed by atoms with Crippen molar-refractivity contribution in [2.75, 3.05) is 0 Å². The van der Waals surface area contributed by atoms with Gasteiger partial charge in [0.2, 0.25) is 0 Å². The Bertz CT molecular complexity index is 19.1. The van der Waals surface area contributed by atoms with Crippen LogP contribution in [0.25, 0.3) is 0 Å². The van der Waals surface area contributed by atoms with Gasteiger partial charge in [0.25, 0.3) is 0 Å². The standard InChI is InChI=1S/2C2H2.Ar/c2*1-2;/h2*1-2H;. The van der Waals surface area contributed by atoms with E-state index < -0.39 is 0 Å². The summed E-state index contributed by atoms with van der Waals surface area (Å²) in [7, 11) is 0. The molecule has 0 saturated heterocycles. The smallest absolute Gasteiger partial charge is 0 e. The molecule has 0 fully saturated rings. The second-order valence-electron chi connectivity index (χ2n) is 0. The molecular weight excluding hydrogens is 88.0 g/mol. The van der Waals surface area contributed by atoms with Crippen LogP contribution in [-0.2, 0) is 0 Å². The van der Waals surface area contributed by atoms with E-state index in [-0.39, 0.29) is 37.7 Å². The predicted octanol–water partition coefficient (Wildman–Crippen LogP) is 0.499. The van der Waals surface area contributed by atoms with E-state index in [0.29, 0.717) is 0 Å². The van der Waals surface area contributed by atoms with Gasteiger partial charge < -0.3 is 0 Å². The maximum atomic E-state index is 4.00. The Hall–Kier alpha value is 0.380. The molecule has 0 rings (SSSR count). The topological polar surface area (TPSA) is 0 Å². The Balaban J connectivity index is -0.0000000133. The molecule has 0 aromatic heterocycles. The Morgan fingerprint density at radius 1 is 0.600 bits per heavy atom. The first-order valence-corrected chi connectivity index (χ1v) is 0.667. The number of rotatable bonds is 0. The van der Waals surface area contributed by atoms with Crippen LogP contribution in [0, 0.1) is 63.4 Å². The van der Waals surface area contributed by atoms with Crippen molar-refractivity contribution in [3.63, 3.8) is 0 Å². The molecule has 0 spiro atoms. The fraction of sp³-hybridized carbons (Fsp3) is 0. The summed E-state index contributed by atoms with van der Waals surface area (Å²) < 4.78 is 0. The molecular formula is C4H4Ar. The predicted molar refractivity (Wildman–Crippen MR) is 19.8 cm³/mol. The van der Waals surface area contributed by atoms with E-state index >= 15 is 0 Å². The molecule has 0 aliphatic heterocycles. The van der Waals surface area contributed by atoms with Gasteiger partial charge in [-0.2, -0.15) is 0 Å². The molecule has 0 aliphatic carbocycles. The van der Waals surface area contributed by atoms with Gasteiger partial charge in [-0.3, -0.25) is 0 Å². The van der Waals surface area contributed by atoms with E-state index in [9.17, 15) is 0 Å². The first-order valence-electron chi connectivity index (χ1n) is 0.667. The summed E-state index contributed by atoms with van der Waals surface area (Å²) >= 11 is 0. The molecule has 0 atom stereocenters. The molecule has 0 amide bonds. The molecule has 0 aromatic rings. The van der Waals surface area contributed by atoms with Crippen LogP contribution in [-0.4, -0.2) is 0 Å². The summed E-state index contributed by atoms with van der Waals surface area (Å²) in [5.41, 5.74) is 0. The normalized spacial score (nSPS) is 0.800. The summed E-state index contributed by atoms with van der Waals surface area (Å²) in [5.74, 6) is 0. The van der Waals surface area contributed by atoms with Gasteiger partial charge in [0.15, 0.2) is 0 Å². The van der Waals surface area contributed by atoms with E-state index in [2.05, 4.69) is 25.7 Å². The van der Waals surface area contributed by atoms with Gasteiger partial charge in [-0.25, -0.2) is 0 Å². The van der Waals surface area contributed by atoms with Gasteiger partial charge in [0.1, 0.15) is 0 Å². The Labute approximate surface area is 63.0 Å². The molecule has 5 heavy (non-hydrogen) atoms. The van der Waals surface area contributed by atoms with E-state index in [1.807, 2.05) is 0 Å². The zero-order valence-corrected chi connectivity index (χ0v) is 3.37. The van der Waals surface area contributed by atoms with Crippen LogP contribution in [0.2, 0.25) is 0 Å². The zero-order chi connectivity index (χ0) is 4.00. The average Bonchev–Trinajstić information content (AvgIpc) is 1.50. The number of terminal acetylenes is 2. The van der Waals surface area contributed by atoms with Crippen molar-refractivity contribution in [2.45, 2.75) is 0 Å². The van der Waals surface area contributed by atoms with Crippen LogP contribution >= 0.6 is 0 Å². The molecule has 0 nitrogen and oxygen atoms in total. The van der Waals surface area contributed by atoms with Crippen molar-refractivity contribution in [3.8, 4) is 25.7 Å². The van der Waals surface area contributed by atoms with Crippen LogP contribution < -0.4 is 0 Å². The van der Waals surface area contributed by atoms with Crippen LogP contribution in [0.5, 0.6) is 0 Å². The Kier molecular flexibility index (Phi) is 1260. The second-order valence-corrected chi connectivity index (χ2v) is 0. The van der Waals surface area contributed by atoms with Gasteiger partial charge in [0.05, 0.1) is 0 Å². The van der Waals surface area contributed by atoms with Gasteiger partial charge in [-0.1, -0.05) is 0 Å². The maximum Gasteiger partial charge on any atom is 0 e. The van der Waals surface area contributed by atoms with Crippen molar-refractivity contribution in [1.29, 1.82) is 0 Å². The Morgan fingerprint density at radius 3 is 0.600 bits per heavy atom. The van der Waals surface area contributed by atoms with Gasteiger partial charge in [-0.15, -0.1) is 25.7 Å². The largest absolute Gasteiger partial charge is 0.124 e. The first kappa shape index (κ1) is 18.2. The van der Waals surface area contributed by atoms with Crippen molar-refractivity contribution in [3.05, 3.63) is 0 Å². The molecule has 0 bridgehead atoms. The van der Waals surface area contributed by atoms with Gasteiger partial charge in [-0.05, 0) is 0 Å². The van der Waals surface area contributed by atoms with Crippen LogP contribution in [0.3, 0.4) is 0 Å². The molecule has 0 aliphatic rings. The van der Waals surface area contributed by atoms with Crippen molar-refractivity contribution in [2.24, 2.45) is 0 Å². The summed E-state index contributed by atoms with van der Waals surface area (Å²) in [4.78, 5) is 0. The maximum absolute atomic E-state index is 4.00. The molecule has 0 heterocycles. The molecule has 0 saturated carbocycles. The SMILES string of the molecule is C#C.C#C.[Ar]. The fourth-order valence-corrected chi connectivity index (χ4v) is 0. The quantitative estimate of drug-likeness (QED) is 0.381. The van der Waals surface area contributed by atoms with E-state index in [1.165, 1.54) is 0 Å². The molecule has 0 N–H and O–H groups in total. The third-order valence-corrected chi connectivity index (χ3v) is 0. The number of hydrogen-bond acceptors (Lipinski definition) is 0. The minimum Gasteiger partial charge on any atom is -0.124 e. The molecule has 0 unspecified atom stereocenters. The molecule has 0 aromatic carbocycles. The van der Waals surface area contributed by atoms with E-state index in [4.69, 9.17) is 0 Å². The molecule has 28 valence electrons.